The number of urea groups is 1. The molecule has 0 saturated heterocycles. The quantitative estimate of drug-likeness (QED) is 0.422. The number of nitrogens with two attached hydrogens (primary N) is 1. The van der Waals surface area contributed by atoms with E-state index >= 15 is 0 Å². The molecule has 0 aromatic heterocycles. The predicted octanol–water partition coefficient (Wildman–Crippen LogP) is 1.26. The van der Waals surface area contributed by atoms with Crippen LogP contribution in [0.25, 0.3) is 0 Å². The summed E-state index contributed by atoms with van der Waals surface area (Å²) in [6.45, 7) is 1.91. The summed E-state index contributed by atoms with van der Waals surface area (Å²) in [6, 6.07) is 9.40. The SMILES string of the molecule is C[C@H](NC(=O)N(C)N)c1ccccc1. The van der Waals surface area contributed by atoms with Crippen molar-refractivity contribution in [2.24, 2.45) is 5.84 Å². The normalized spacial score (nSPS) is 11.9. The van der Waals surface area contributed by atoms with E-state index in [-0.39, 0.29) is 12.1 Å². The maximum atomic E-state index is 11.2. The second-order valence-electron chi connectivity index (χ2n) is 3.19. The van der Waals surface area contributed by atoms with Gasteiger partial charge in [0.15, 0.2) is 0 Å². The van der Waals surface area contributed by atoms with Crippen LogP contribution in [0.1, 0.15) is 18.5 Å². The largest absolute Gasteiger partial charge is 0.331 e. The van der Waals surface area contributed by atoms with E-state index in [1.54, 1.807) is 0 Å². The molecule has 0 heterocycles. The molecule has 1 atom stereocenters. The molecule has 1 rings (SSSR count). The number of amides is 2. The zero-order valence-corrected chi connectivity index (χ0v) is 8.40. The third-order valence-electron chi connectivity index (χ3n) is 1.96. The Morgan fingerprint density at radius 1 is 1.43 bits per heavy atom. The van der Waals surface area contributed by atoms with Gasteiger partial charge >= 0.3 is 6.03 Å². The van der Waals surface area contributed by atoms with E-state index in [0.717, 1.165) is 10.6 Å². The molecule has 0 aliphatic carbocycles. The van der Waals surface area contributed by atoms with Crippen molar-refractivity contribution < 1.29 is 4.79 Å². The Labute approximate surface area is 83.7 Å². The molecule has 0 saturated carbocycles. The molecule has 0 bridgehead atoms. The van der Waals surface area contributed by atoms with Crippen molar-refractivity contribution in [2.45, 2.75) is 13.0 Å². The Balaban J connectivity index is 2.59. The second-order valence-corrected chi connectivity index (χ2v) is 3.19. The molecule has 1 aromatic rings. The van der Waals surface area contributed by atoms with Gasteiger partial charge in [-0.25, -0.2) is 10.6 Å². The second kappa shape index (κ2) is 4.62. The number of carbonyl (C=O) groups is 1. The van der Waals surface area contributed by atoms with Gasteiger partial charge in [-0.15, -0.1) is 0 Å². The van der Waals surface area contributed by atoms with E-state index in [1.807, 2.05) is 37.3 Å². The fourth-order valence-corrected chi connectivity index (χ4v) is 1.11. The maximum absolute atomic E-state index is 11.2. The molecular weight excluding hydrogens is 178 g/mol. The molecule has 0 aliphatic rings. The number of carbonyl (C=O) groups excluding carboxylic acids is 1. The molecule has 4 heteroatoms. The van der Waals surface area contributed by atoms with Crippen LogP contribution >= 0.6 is 0 Å². The topological polar surface area (TPSA) is 58.4 Å². The molecule has 76 valence electrons. The average Bonchev–Trinajstić information content (AvgIpc) is 2.19. The Hall–Kier alpha value is -1.55. The van der Waals surface area contributed by atoms with Gasteiger partial charge in [0.25, 0.3) is 0 Å². The zero-order valence-electron chi connectivity index (χ0n) is 8.40. The highest BCUT2D eigenvalue weighted by Gasteiger charge is 2.09. The van der Waals surface area contributed by atoms with Crippen LogP contribution < -0.4 is 11.2 Å². The first-order valence-corrected chi connectivity index (χ1v) is 4.45. The molecule has 4 nitrogen and oxygen atoms in total. The lowest BCUT2D eigenvalue weighted by Crippen LogP contribution is -2.42. The number of hydrogen-bond donors (Lipinski definition) is 2. The van der Waals surface area contributed by atoms with E-state index < -0.39 is 0 Å². The third-order valence-corrected chi connectivity index (χ3v) is 1.96. The van der Waals surface area contributed by atoms with Crippen LogP contribution in [0.3, 0.4) is 0 Å². The monoisotopic (exact) mass is 193 g/mol. The van der Waals surface area contributed by atoms with Gasteiger partial charge in [0.05, 0.1) is 6.04 Å². The van der Waals surface area contributed by atoms with Crippen LogP contribution in [0.15, 0.2) is 30.3 Å². The highest BCUT2D eigenvalue weighted by molar-refractivity contribution is 5.73. The molecule has 0 aliphatic heterocycles. The van der Waals surface area contributed by atoms with Crippen LogP contribution in [0.5, 0.6) is 0 Å². The summed E-state index contributed by atoms with van der Waals surface area (Å²) in [7, 11) is 1.51. The van der Waals surface area contributed by atoms with Gasteiger partial charge in [0.1, 0.15) is 0 Å². The van der Waals surface area contributed by atoms with Gasteiger partial charge in [-0.3, -0.25) is 5.01 Å². The molecule has 0 fully saturated rings. The molecular formula is C10H15N3O. The van der Waals surface area contributed by atoms with Crippen molar-refractivity contribution in [3.05, 3.63) is 35.9 Å². The minimum absolute atomic E-state index is 0.0327. The number of hydrogen-bond acceptors (Lipinski definition) is 2. The van der Waals surface area contributed by atoms with Gasteiger partial charge in [0, 0.05) is 7.05 Å². The van der Waals surface area contributed by atoms with Crippen molar-refractivity contribution in [1.82, 2.24) is 10.3 Å². The lowest BCUT2D eigenvalue weighted by Gasteiger charge is -2.17. The van der Waals surface area contributed by atoms with E-state index in [0.29, 0.717) is 0 Å². The van der Waals surface area contributed by atoms with Crippen molar-refractivity contribution in [3.8, 4) is 0 Å². The van der Waals surface area contributed by atoms with Gasteiger partial charge < -0.3 is 5.32 Å². The third kappa shape index (κ3) is 2.74. The number of hydrazine groups is 1. The summed E-state index contributed by atoms with van der Waals surface area (Å²) >= 11 is 0. The van der Waals surface area contributed by atoms with Gasteiger partial charge in [0.2, 0.25) is 0 Å². The zero-order chi connectivity index (χ0) is 10.6. The van der Waals surface area contributed by atoms with Crippen LogP contribution in [0, 0.1) is 0 Å². The maximum Gasteiger partial charge on any atom is 0.331 e. The minimum Gasteiger partial charge on any atom is -0.330 e. The summed E-state index contributed by atoms with van der Waals surface area (Å²) in [5.41, 5.74) is 1.06. The fourth-order valence-electron chi connectivity index (χ4n) is 1.11. The number of nitrogens with zero attached hydrogens (tertiary/aromatic N) is 1. The van der Waals surface area contributed by atoms with Crippen LogP contribution in [-0.4, -0.2) is 18.1 Å². The smallest absolute Gasteiger partial charge is 0.330 e. The van der Waals surface area contributed by atoms with Crippen LogP contribution in [-0.2, 0) is 0 Å². The van der Waals surface area contributed by atoms with Gasteiger partial charge in [-0.2, -0.15) is 0 Å². The first kappa shape index (κ1) is 10.5. The van der Waals surface area contributed by atoms with Crippen molar-refractivity contribution in [2.75, 3.05) is 7.05 Å². The molecule has 14 heavy (non-hydrogen) atoms. The highest BCUT2D eigenvalue weighted by atomic mass is 16.2. The summed E-state index contributed by atoms with van der Waals surface area (Å²) in [4.78, 5) is 11.2. The average molecular weight is 193 g/mol. The fraction of sp³-hybridized carbons (Fsp3) is 0.300. The van der Waals surface area contributed by atoms with E-state index in [9.17, 15) is 4.79 Å². The number of rotatable bonds is 2. The predicted molar refractivity (Wildman–Crippen MR) is 55.3 cm³/mol. The standard InChI is InChI=1S/C10H15N3O/c1-8(12-10(14)13(2)11)9-6-4-3-5-7-9/h3-8H,11H2,1-2H3,(H,12,14)/t8-/m0/s1. The van der Waals surface area contributed by atoms with E-state index in [2.05, 4.69) is 5.32 Å². The van der Waals surface area contributed by atoms with E-state index in [1.165, 1.54) is 7.05 Å². The molecule has 0 radical (unpaired) electrons. The first-order chi connectivity index (χ1) is 6.61. The molecule has 0 spiro atoms. The molecule has 1 aromatic carbocycles. The van der Waals surface area contributed by atoms with E-state index in [4.69, 9.17) is 5.84 Å². The van der Waals surface area contributed by atoms with Crippen molar-refractivity contribution >= 4 is 6.03 Å². The molecule has 3 N–H and O–H groups in total. The Bertz CT molecular complexity index is 297. The van der Waals surface area contributed by atoms with Crippen molar-refractivity contribution in [1.29, 1.82) is 0 Å². The van der Waals surface area contributed by atoms with Crippen molar-refractivity contribution in [3.63, 3.8) is 0 Å². The summed E-state index contributed by atoms with van der Waals surface area (Å²) < 4.78 is 0. The highest BCUT2D eigenvalue weighted by Crippen LogP contribution is 2.10. The van der Waals surface area contributed by atoms with Gasteiger partial charge in [-0.1, -0.05) is 30.3 Å². The molecule has 0 unspecified atom stereocenters. The lowest BCUT2D eigenvalue weighted by molar-refractivity contribution is 0.206. The van der Waals surface area contributed by atoms with Gasteiger partial charge in [-0.05, 0) is 12.5 Å². The van der Waals surface area contributed by atoms with Crippen LogP contribution in [0.2, 0.25) is 0 Å². The Morgan fingerprint density at radius 3 is 2.50 bits per heavy atom. The lowest BCUT2D eigenvalue weighted by atomic mass is 10.1. The first-order valence-electron chi connectivity index (χ1n) is 4.45. The Kier molecular flexibility index (Phi) is 3.48. The summed E-state index contributed by atoms with van der Waals surface area (Å²) in [6.07, 6.45) is 0. The summed E-state index contributed by atoms with van der Waals surface area (Å²) in [5, 5.41) is 3.78. The number of nitrogens with one attached hydrogen (secondary N) is 1. The molecule has 2 amide bonds. The summed E-state index contributed by atoms with van der Waals surface area (Å²) in [5.74, 6) is 5.28. The Morgan fingerprint density at radius 2 is 2.00 bits per heavy atom. The minimum atomic E-state index is -0.290. The van der Waals surface area contributed by atoms with Crippen LogP contribution in [0.4, 0.5) is 4.79 Å². The number of benzene rings is 1.